The molecule has 1 amide bonds. The van der Waals surface area contributed by atoms with Gasteiger partial charge in [0.2, 0.25) is 0 Å². The van der Waals surface area contributed by atoms with Gasteiger partial charge in [-0.05, 0) is 38.0 Å². The summed E-state index contributed by atoms with van der Waals surface area (Å²) in [7, 11) is 0. The van der Waals surface area contributed by atoms with E-state index in [2.05, 4.69) is 36.1 Å². The lowest BCUT2D eigenvalue weighted by Gasteiger charge is -2.17. The van der Waals surface area contributed by atoms with Crippen LogP contribution in [0.4, 0.5) is 11.5 Å². The topological polar surface area (TPSA) is 58.1 Å². The summed E-state index contributed by atoms with van der Waals surface area (Å²) in [6, 6.07) is 9.26. The van der Waals surface area contributed by atoms with E-state index in [1.807, 2.05) is 31.2 Å². The van der Waals surface area contributed by atoms with Crippen molar-refractivity contribution < 1.29 is 4.79 Å². The second kappa shape index (κ2) is 6.44. The highest BCUT2D eigenvalue weighted by Gasteiger charge is 2.17. The first-order valence-corrected chi connectivity index (χ1v) is 8.09. The second-order valence-corrected chi connectivity index (χ2v) is 6.23. The number of aromatic nitrogens is 2. The summed E-state index contributed by atoms with van der Waals surface area (Å²) in [6.07, 6.45) is 2.34. The van der Waals surface area contributed by atoms with E-state index in [0.717, 1.165) is 29.1 Å². The fourth-order valence-electron chi connectivity index (χ4n) is 2.54. The third kappa shape index (κ3) is 3.44. The summed E-state index contributed by atoms with van der Waals surface area (Å²) in [4.78, 5) is 23.3. The van der Waals surface area contributed by atoms with E-state index in [0.29, 0.717) is 11.5 Å². The number of hydrogen-bond donors (Lipinski definition) is 1. The van der Waals surface area contributed by atoms with Crippen molar-refractivity contribution in [2.45, 2.75) is 19.8 Å². The molecule has 2 aromatic rings. The fourth-order valence-corrected chi connectivity index (χ4v) is 2.94. The number of carbonyl (C=O) groups excluding carboxylic acids is 1. The smallest absolute Gasteiger partial charge is 0.274 e. The Kier molecular flexibility index (Phi) is 4.38. The average Bonchev–Trinajstić information content (AvgIpc) is 3.01. The van der Waals surface area contributed by atoms with Gasteiger partial charge in [0, 0.05) is 29.3 Å². The van der Waals surface area contributed by atoms with Gasteiger partial charge in [0.25, 0.3) is 5.91 Å². The highest BCUT2D eigenvalue weighted by molar-refractivity contribution is 9.10. The normalized spacial score (nSPS) is 14.2. The van der Waals surface area contributed by atoms with E-state index >= 15 is 0 Å². The van der Waals surface area contributed by atoms with Crippen molar-refractivity contribution in [1.29, 1.82) is 0 Å². The first-order chi connectivity index (χ1) is 10.6. The Balaban J connectivity index is 1.82. The van der Waals surface area contributed by atoms with Gasteiger partial charge in [0.1, 0.15) is 17.3 Å². The number of aryl methyl sites for hydroxylation is 1. The van der Waals surface area contributed by atoms with Crippen LogP contribution in [-0.2, 0) is 0 Å². The Labute approximate surface area is 137 Å². The molecule has 22 heavy (non-hydrogen) atoms. The number of carbonyl (C=O) groups is 1. The number of hydrogen-bond acceptors (Lipinski definition) is 4. The number of benzene rings is 1. The number of anilines is 2. The molecule has 5 nitrogen and oxygen atoms in total. The zero-order chi connectivity index (χ0) is 15.5. The van der Waals surface area contributed by atoms with Crippen LogP contribution in [0.3, 0.4) is 0 Å². The zero-order valence-corrected chi connectivity index (χ0v) is 13.9. The predicted molar refractivity (Wildman–Crippen MR) is 90.3 cm³/mol. The molecule has 1 saturated heterocycles. The monoisotopic (exact) mass is 360 g/mol. The first kappa shape index (κ1) is 15.0. The maximum absolute atomic E-state index is 12.4. The lowest BCUT2D eigenvalue weighted by molar-refractivity contribution is 0.102. The zero-order valence-electron chi connectivity index (χ0n) is 12.3. The molecular weight excluding hydrogens is 344 g/mol. The van der Waals surface area contributed by atoms with Gasteiger partial charge < -0.3 is 10.2 Å². The van der Waals surface area contributed by atoms with Crippen LogP contribution in [0.2, 0.25) is 0 Å². The van der Waals surface area contributed by atoms with E-state index in [9.17, 15) is 4.79 Å². The van der Waals surface area contributed by atoms with Crippen LogP contribution in [0.5, 0.6) is 0 Å². The molecule has 0 spiro atoms. The molecule has 1 aliphatic rings. The molecule has 1 aromatic carbocycles. The molecule has 3 rings (SSSR count). The Morgan fingerprint density at radius 3 is 2.73 bits per heavy atom. The summed E-state index contributed by atoms with van der Waals surface area (Å²) in [5, 5.41) is 2.87. The van der Waals surface area contributed by atoms with Crippen molar-refractivity contribution >= 4 is 33.3 Å². The molecule has 1 aliphatic heterocycles. The number of nitrogens with one attached hydrogen (secondary N) is 1. The van der Waals surface area contributed by atoms with Crippen LogP contribution in [-0.4, -0.2) is 29.0 Å². The molecule has 1 aromatic heterocycles. The van der Waals surface area contributed by atoms with Crippen molar-refractivity contribution in [2.24, 2.45) is 0 Å². The molecular formula is C16H17BrN4O. The molecule has 6 heteroatoms. The molecule has 1 N–H and O–H groups in total. The van der Waals surface area contributed by atoms with Gasteiger partial charge in [0.15, 0.2) is 0 Å². The Morgan fingerprint density at radius 2 is 2.00 bits per heavy atom. The van der Waals surface area contributed by atoms with Crippen LogP contribution in [0.1, 0.15) is 29.2 Å². The van der Waals surface area contributed by atoms with Crippen molar-refractivity contribution in [2.75, 3.05) is 23.3 Å². The SMILES string of the molecule is Cc1nc(C(=O)Nc2cccc(Br)c2)cc(N2CCCC2)n1. The fraction of sp³-hybridized carbons (Fsp3) is 0.312. The van der Waals surface area contributed by atoms with Crippen LogP contribution in [0, 0.1) is 6.92 Å². The van der Waals surface area contributed by atoms with Gasteiger partial charge in [-0.2, -0.15) is 0 Å². The van der Waals surface area contributed by atoms with Crippen LogP contribution in [0.15, 0.2) is 34.8 Å². The Morgan fingerprint density at radius 1 is 1.23 bits per heavy atom. The van der Waals surface area contributed by atoms with Crippen molar-refractivity contribution in [1.82, 2.24) is 9.97 Å². The molecule has 0 bridgehead atoms. The first-order valence-electron chi connectivity index (χ1n) is 7.29. The van der Waals surface area contributed by atoms with Crippen molar-refractivity contribution in [3.8, 4) is 0 Å². The standard InChI is InChI=1S/C16H17BrN4O/c1-11-18-14(10-15(19-11)21-7-2-3-8-21)16(22)20-13-6-4-5-12(17)9-13/h4-6,9-10H,2-3,7-8H2,1H3,(H,20,22). The van der Waals surface area contributed by atoms with E-state index in [-0.39, 0.29) is 5.91 Å². The van der Waals surface area contributed by atoms with E-state index < -0.39 is 0 Å². The molecule has 0 atom stereocenters. The quantitative estimate of drug-likeness (QED) is 0.911. The maximum Gasteiger partial charge on any atom is 0.274 e. The second-order valence-electron chi connectivity index (χ2n) is 5.32. The minimum Gasteiger partial charge on any atom is -0.356 e. The van der Waals surface area contributed by atoms with Gasteiger partial charge in [0.05, 0.1) is 0 Å². The lowest BCUT2D eigenvalue weighted by Crippen LogP contribution is -2.22. The molecule has 0 saturated carbocycles. The van der Waals surface area contributed by atoms with Crippen LogP contribution >= 0.6 is 15.9 Å². The number of amides is 1. The molecule has 0 radical (unpaired) electrons. The molecule has 0 unspecified atom stereocenters. The third-order valence-electron chi connectivity index (χ3n) is 3.57. The van der Waals surface area contributed by atoms with Crippen LogP contribution in [0.25, 0.3) is 0 Å². The molecule has 0 aliphatic carbocycles. The van der Waals surface area contributed by atoms with Crippen molar-refractivity contribution in [3.63, 3.8) is 0 Å². The summed E-state index contributed by atoms with van der Waals surface area (Å²) >= 11 is 3.39. The molecule has 2 heterocycles. The van der Waals surface area contributed by atoms with Gasteiger partial charge in [-0.3, -0.25) is 4.79 Å². The molecule has 114 valence electrons. The van der Waals surface area contributed by atoms with Crippen LogP contribution < -0.4 is 10.2 Å². The summed E-state index contributed by atoms with van der Waals surface area (Å²) < 4.78 is 0.918. The number of halogens is 1. The van der Waals surface area contributed by atoms with Gasteiger partial charge in [-0.15, -0.1) is 0 Å². The number of nitrogens with zero attached hydrogens (tertiary/aromatic N) is 3. The van der Waals surface area contributed by atoms with Crippen molar-refractivity contribution in [3.05, 3.63) is 46.3 Å². The van der Waals surface area contributed by atoms with Gasteiger partial charge >= 0.3 is 0 Å². The Hall–Kier alpha value is -1.95. The predicted octanol–water partition coefficient (Wildman–Crippen LogP) is 3.40. The van der Waals surface area contributed by atoms with E-state index in [1.54, 1.807) is 6.07 Å². The lowest BCUT2D eigenvalue weighted by atomic mass is 10.3. The minimum atomic E-state index is -0.218. The average molecular weight is 361 g/mol. The Bertz CT molecular complexity index is 698. The van der Waals surface area contributed by atoms with E-state index in [4.69, 9.17) is 0 Å². The summed E-state index contributed by atoms with van der Waals surface area (Å²) in [5.74, 6) is 1.23. The number of rotatable bonds is 3. The highest BCUT2D eigenvalue weighted by atomic mass is 79.9. The molecule has 1 fully saturated rings. The summed E-state index contributed by atoms with van der Waals surface area (Å²) in [6.45, 7) is 3.79. The van der Waals surface area contributed by atoms with E-state index in [1.165, 1.54) is 12.8 Å². The highest BCUT2D eigenvalue weighted by Crippen LogP contribution is 2.20. The summed E-state index contributed by atoms with van der Waals surface area (Å²) in [5.41, 5.74) is 1.13. The maximum atomic E-state index is 12.4. The van der Waals surface area contributed by atoms with Gasteiger partial charge in [-0.25, -0.2) is 9.97 Å². The van der Waals surface area contributed by atoms with Gasteiger partial charge in [-0.1, -0.05) is 22.0 Å². The minimum absolute atomic E-state index is 0.218. The largest absolute Gasteiger partial charge is 0.356 e. The third-order valence-corrected chi connectivity index (χ3v) is 4.06.